The Balaban J connectivity index is 1.54. The van der Waals surface area contributed by atoms with Crippen LogP contribution in [-0.4, -0.2) is 41.4 Å². The van der Waals surface area contributed by atoms with E-state index in [1.54, 1.807) is 0 Å². The maximum absolute atomic E-state index is 13.7. The molecule has 10 heteroatoms. The maximum atomic E-state index is 13.7. The van der Waals surface area contributed by atoms with E-state index in [4.69, 9.17) is 4.74 Å². The average molecular weight is 451 g/mol. The first-order valence-electron chi connectivity index (χ1n) is 9.52. The molecule has 0 saturated carbocycles. The Labute approximate surface area is 180 Å². The van der Waals surface area contributed by atoms with E-state index in [1.807, 2.05) is 31.2 Å². The summed E-state index contributed by atoms with van der Waals surface area (Å²) in [6, 6.07) is 9.25. The molecule has 0 atom stereocenters. The summed E-state index contributed by atoms with van der Waals surface area (Å²) < 4.78 is 46.5. The summed E-state index contributed by atoms with van der Waals surface area (Å²) in [6.45, 7) is 1.61. The van der Waals surface area contributed by atoms with Crippen molar-refractivity contribution in [2.24, 2.45) is 0 Å². The number of thiazole rings is 1. The van der Waals surface area contributed by atoms with Crippen molar-refractivity contribution in [1.29, 1.82) is 0 Å². The number of halogens is 3. The van der Waals surface area contributed by atoms with Gasteiger partial charge in [-0.05, 0) is 30.7 Å². The van der Waals surface area contributed by atoms with E-state index in [-0.39, 0.29) is 26.3 Å². The molecule has 0 aliphatic carbocycles. The number of ether oxygens (including phenoxy) is 1. The van der Waals surface area contributed by atoms with E-state index < -0.39 is 35.0 Å². The van der Waals surface area contributed by atoms with Crippen LogP contribution in [0.1, 0.15) is 18.4 Å². The molecule has 31 heavy (non-hydrogen) atoms. The van der Waals surface area contributed by atoms with E-state index in [9.17, 15) is 22.8 Å². The molecule has 6 nitrogen and oxygen atoms in total. The van der Waals surface area contributed by atoms with Gasteiger partial charge in [0.05, 0.1) is 29.1 Å². The zero-order valence-electron chi connectivity index (χ0n) is 16.7. The Hall–Kier alpha value is -2.98. The number of carbonyl (C=O) groups excluding carboxylic acids is 2. The van der Waals surface area contributed by atoms with Crippen LogP contribution in [-0.2, 0) is 20.9 Å². The Bertz CT molecular complexity index is 1060. The lowest BCUT2D eigenvalue weighted by Crippen LogP contribution is -2.40. The van der Waals surface area contributed by atoms with Crippen LogP contribution >= 0.6 is 11.3 Å². The topological polar surface area (TPSA) is 71.5 Å². The molecule has 0 fully saturated rings. The first kappa shape index (κ1) is 22.7. The van der Waals surface area contributed by atoms with E-state index in [0.29, 0.717) is 12.5 Å². The van der Waals surface area contributed by atoms with Gasteiger partial charge in [0.2, 0.25) is 11.8 Å². The first-order chi connectivity index (χ1) is 14.9. The molecular weight excluding hydrogens is 431 g/mol. The van der Waals surface area contributed by atoms with Gasteiger partial charge in [-0.3, -0.25) is 9.59 Å². The molecule has 164 valence electrons. The molecular formula is C21H20F3N3O3S. The van der Waals surface area contributed by atoms with Gasteiger partial charge in [-0.25, -0.2) is 18.2 Å². The lowest BCUT2D eigenvalue weighted by molar-refractivity contribution is -0.139. The highest BCUT2D eigenvalue weighted by molar-refractivity contribution is 7.18. The highest BCUT2D eigenvalue weighted by atomic mass is 32.1. The summed E-state index contributed by atoms with van der Waals surface area (Å²) in [6.07, 6.45) is 0.580. The van der Waals surface area contributed by atoms with Gasteiger partial charge in [0.25, 0.3) is 0 Å². The summed E-state index contributed by atoms with van der Waals surface area (Å²) in [5, 5.41) is 2.88. The second kappa shape index (κ2) is 10.4. The number of nitrogens with zero attached hydrogens (tertiary/aromatic N) is 2. The summed E-state index contributed by atoms with van der Waals surface area (Å²) in [4.78, 5) is 30.4. The molecule has 1 heterocycles. The molecule has 0 unspecified atom stereocenters. The minimum atomic E-state index is -1.68. The zero-order valence-corrected chi connectivity index (χ0v) is 17.5. The number of amides is 2. The van der Waals surface area contributed by atoms with Crippen LogP contribution in [0.2, 0.25) is 0 Å². The molecule has 0 bridgehead atoms. The maximum Gasteiger partial charge on any atom is 0.249 e. The van der Waals surface area contributed by atoms with Crippen LogP contribution in [0.4, 0.5) is 18.9 Å². The van der Waals surface area contributed by atoms with Gasteiger partial charge >= 0.3 is 0 Å². The third-order valence-corrected chi connectivity index (χ3v) is 5.29. The van der Waals surface area contributed by atoms with Gasteiger partial charge in [0, 0.05) is 6.54 Å². The fraction of sp³-hybridized carbons (Fsp3) is 0.286. The number of benzene rings is 2. The lowest BCUT2D eigenvalue weighted by Gasteiger charge is -2.21. The van der Waals surface area contributed by atoms with E-state index in [2.05, 4.69) is 10.3 Å². The second-order valence-electron chi connectivity index (χ2n) is 6.65. The smallest absolute Gasteiger partial charge is 0.249 e. The highest BCUT2D eigenvalue weighted by Crippen LogP contribution is 2.22. The third-order valence-electron chi connectivity index (χ3n) is 4.28. The monoisotopic (exact) mass is 451 g/mol. The highest BCUT2D eigenvalue weighted by Gasteiger charge is 2.20. The fourth-order valence-corrected chi connectivity index (χ4v) is 3.75. The van der Waals surface area contributed by atoms with Gasteiger partial charge < -0.3 is 15.0 Å². The summed E-state index contributed by atoms with van der Waals surface area (Å²) >= 11 is 1.46. The molecule has 0 saturated heterocycles. The van der Waals surface area contributed by atoms with Gasteiger partial charge in [-0.2, -0.15) is 0 Å². The van der Waals surface area contributed by atoms with Gasteiger partial charge in [0.15, 0.2) is 17.5 Å². The number of aromatic nitrogens is 1. The molecule has 2 aromatic carbocycles. The van der Waals surface area contributed by atoms with Crippen molar-refractivity contribution in [2.75, 3.05) is 25.0 Å². The summed E-state index contributed by atoms with van der Waals surface area (Å²) in [7, 11) is 0. The third kappa shape index (κ3) is 5.80. The summed E-state index contributed by atoms with van der Waals surface area (Å²) in [5.74, 6) is -5.70. The van der Waals surface area contributed by atoms with E-state index in [1.165, 1.54) is 16.2 Å². The average Bonchev–Trinajstić information content (AvgIpc) is 3.16. The van der Waals surface area contributed by atoms with E-state index in [0.717, 1.165) is 21.3 Å². The summed E-state index contributed by atoms with van der Waals surface area (Å²) in [5.41, 5.74) is 0.353. The number of hydrogen-bond donors (Lipinski definition) is 1. The van der Waals surface area contributed by atoms with Gasteiger partial charge in [-0.1, -0.05) is 19.1 Å². The number of fused-ring (bicyclic) bond motifs is 1. The number of anilines is 1. The van der Waals surface area contributed by atoms with E-state index >= 15 is 0 Å². The SMILES string of the molecule is CCCN(CC(=O)Nc1ccc(F)c(F)c1F)C(=O)COCc1nc2ccccc2s1. The van der Waals surface area contributed by atoms with Crippen molar-refractivity contribution in [3.8, 4) is 0 Å². The van der Waals surface area contributed by atoms with Crippen molar-refractivity contribution in [2.45, 2.75) is 20.0 Å². The molecule has 1 aromatic heterocycles. The van der Waals surface area contributed by atoms with Crippen LogP contribution < -0.4 is 5.32 Å². The molecule has 1 N–H and O–H groups in total. The van der Waals surface area contributed by atoms with Crippen LogP contribution in [0.3, 0.4) is 0 Å². The predicted molar refractivity (Wildman–Crippen MR) is 111 cm³/mol. The number of hydrogen-bond acceptors (Lipinski definition) is 5. The standard InChI is InChI=1S/C21H20F3N3O3S/c1-2-9-27(10-17(28)25-15-8-7-13(22)20(23)21(15)24)19(29)12-30-11-18-26-14-5-3-4-6-16(14)31-18/h3-8H,2,9-12H2,1H3,(H,25,28). The lowest BCUT2D eigenvalue weighted by atomic mass is 10.2. The van der Waals surface area contributed by atoms with Crippen LogP contribution in [0.25, 0.3) is 10.2 Å². The van der Waals surface area contributed by atoms with Crippen molar-refractivity contribution >= 4 is 39.1 Å². The number of carbonyl (C=O) groups is 2. The first-order valence-corrected chi connectivity index (χ1v) is 10.3. The molecule has 0 radical (unpaired) electrons. The Morgan fingerprint density at radius 2 is 1.90 bits per heavy atom. The number of para-hydroxylation sites is 1. The van der Waals surface area contributed by atoms with Crippen molar-refractivity contribution in [1.82, 2.24) is 9.88 Å². The fourth-order valence-electron chi connectivity index (χ4n) is 2.85. The zero-order chi connectivity index (χ0) is 22.4. The quantitative estimate of drug-likeness (QED) is 0.497. The van der Waals surface area contributed by atoms with Crippen molar-refractivity contribution < 1.29 is 27.5 Å². The predicted octanol–water partition coefficient (Wildman–Crippen LogP) is 4.11. The van der Waals surface area contributed by atoms with Crippen LogP contribution in [0.15, 0.2) is 36.4 Å². The largest absolute Gasteiger partial charge is 0.364 e. The normalized spacial score (nSPS) is 11.0. The van der Waals surface area contributed by atoms with Crippen molar-refractivity contribution in [3.63, 3.8) is 0 Å². The second-order valence-corrected chi connectivity index (χ2v) is 7.77. The molecule has 0 aliphatic rings. The molecule has 3 aromatic rings. The Morgan fingerprint density at radius 1 is 1.13 bits per heavy atom. The Kier molecular flexibility index (Phi) is 7.59. The molecule has 0 aliphatic heterocycles. The Morgan fingerprint density at radius 3 is 2.65 bits per heavy atom. The van der Waals surface area contributed by atoms with Crippen LogP contribution in [0, 0.1) is 17.5 Å². The molecule has 2 amide bonds. The van der Waals surface area contributed by atoms with Crippen LogP contribution in [0.5, 0.6) is 0 Å². The molecule has 3 rings (SSSR count). The molecule has 0 spiro atoms. The van der Waals surface area contributed by atoms with Gasteiger partial charge in [0.1, 0.15) is 11.6 Å². The number of nitrogens with one attached hydrogen (secondary N) is 1. The minimum absolute atomic E-state index is 0.150. The van der Waals surface area contributed by atoms with Crippen molar-refractivity contribution in [3.05, 3.63) is 58.9 Å². The van der Waals surface area contributed by atoms with Gasteiger partial charge in [-0.15, -0.1) is 11.3 Å². The minimum Gasteiger partial charge on any atom is -0.364 e. The number of rotatable bonds is 9.